The molecule has 2 fully saturated rings. The Bertz CT molecular complexity index is 442. The minimum atomic E-state index is 0.536. The fourth-order valence-electron chi connectivity index (χ4n) is 4.36. The Kier molecular flexibility index (Phi) is 3.12. The summed E-state index contributed by atoms with van der Waals surface area (Å²) in [7, 11) is 0. The van der Waals surface area contributed by atoms with E-state index in [1.165, 1.54) is 62.9 Å². The molecule has 1 aromatic heterocycles. The number of nitrogens with zero attached hydrogens (tertiary/aromatic N) is 1. The van der Waals surface area contributed by atoms with Crippen molar-refractivity contribution >= 4 is 0 Å². The summed E-state index contributed by atoms with van der Waals surface area (Å²) in [5, 5.41) is 3.96. The summed E-state index contributed by atoms with van der Waals surface area (Å²) >= 11 is 0. The number of hydrogen-bond acceptors (Lipinski definition) is 3. The molecule has 3 nitrogen and oxygen atoms in total. The van der Waals surface area contributed by atoms with Crippen LogP contribution in [0, 0.1) is 0 Å². The zero-order valence-corrected chi connectivity index (χ0v) is 11.6. The highest BCUT2D eigenvalue weighted by atomic mass is 16.3. The molecule has 0 spiro atoms. The van der Waals surface area contributed by atoms with E-state index >= 15 is 0 Å². The second-order valence-electron chi connectivity index (χ2n) is 6.40. The highest BCUT2D eigenvalue weighted by Gasteiger charge is 2.37. The molecule has 19 heavy (non-hydrogen) atoms. The maximum Gasteiger partial charge on any atom is 0.108 e. The lowest BCUT2D eigenvalue weighted by Crippen LogP contribution is -2.46. The minimum absolute atomic E-state index is 0.536. The first-order valence-corrected chi connectivity index (χ1v) is 7.98. The van der Waals surface area contributed by atoms with Crippen molar-refractivity contribution in [2.24, 2.45) is 0 Å². The molecule has 104 valence electrons. The quantitative estimate of drug-likeness (QED) is 0.886. The fourth-order valence-corrected chi connectivity index (χ4v) is 4.36. The molecule has 2 aliphatic heterocycles. The van der Waals surface area contributed by atoms with Gasteiger partial charge >= 0.3 is 0 Å². The van der Waals surface area contributed by atoms with Crippen LogP contribution in [0.1, 0.15) is 55.9 Å². The third-order valence-corrected chi connectivity index (χ3v) is 5.32. The molecule has 0 bridgehead atoms. The van der Waals surface area contributed by atoms with Gasteiger partial charge in [0.15, 0.2) is 0 Å². The number of rotatable bonds is 2. The van der Waals surface area contributed by atoms with Crippen molar-refractivity contribution in [1.29, 1.82) is 0 Å². The Labute approximate surface area is 115 Å². The van der Waals surface area contributed by atoms with Gasteiger partial charge in [0.2, 0.25) is 0 Å². The van der Waals surface area contributed by atoms with Gasteiger partial charge in [-0.25, -0.2) is 0 Å². The fraction of sp³-hybridized carbons (Fsp3) is 0.750. The molecule has 0 aromatic carbocycles. The Balaban J connectivity index is 1.48. The van der Waals surface area contributed by atoms with Crippen LogP contribution in [0.25, 0.3) is 0 Å². The normalized spacial score (nSPS) is 35.1. The Morgan fingerprint density at radius 1 is 1.11 bits per heavy atom. The van der Waals surface area contributed by atoms with E-state index in [0.717, 1.165) is 12.5 Å². The first-order chi connectivity index (χ1) is 9.42. The largest absolute Gasteiger partial charge is 0.469 e. The van der Waals surface area contributed by atoms with Crippen LogP contribution in [0.2, 0.25) is 0 Å². The molecule has 0 radical (unpaired) electrons. The van der Waals surface area contributed by atoms with Gasteiger partial charge in [-0.3, -0.25) is 4.90 Å². The van der Waals surface area contributed by atoms with Gasteiger partial charge in [-0.05, 0) is 44.7 Å². The van der Waals surface area contributed by atoms with Crippen molar-refractivity contribution in [3.63, 3.8) is 0 Å². The smallest absolute Gasteiger partial charge is 0.108 e. The van der Waals surface area contributed by atoms with E-state index in [2.05, 4.69) is 16.3 Å². The van der Waals surface area contributed by atoms with Crippen molar-refractivity contribution in [1.82, 2.24) is 10.2 Å². The van der Waals surface area contributed by atoms with E-state index in [-0.39, 0.29) is 0 Å². The van der Waals surface area contributed by atoms with Gasteiger partial charge in [0.1, 0.15) is 5.76 Å². The minimum Gasteiger partial charge on any atom is -0.469 e. The molecule has 4 rings (SSSR count). The molecular formula is C16H24N2O. The monoisotopic (exact) mass is 260 g/mol. The molecule has 3 heteroatoms. The number of fused-ring (bicyclic) bond motifs is 2. The average Bonchev–Trinajstić information content (AvgIpc) is 3.06. The highest BCUT2D eigenvalue weighted by molar-refractivity contribution is 5.24. The standard InChI is InChI=1S/C16H24N2O/c1-2-9-18-10-7-14(15(18)5-1)17-13-4-3-6-16-12(13)8-11-19-16/h8,11,13-15,17H,1-7,9-10H2. The Morgan fingerprint density at radius 3 is 3.11 bits per heavy atom. The molecule has 1 N–H and O–H groups in total. The molecule has 3 heterocycles. The lowest BCUT2D eigenvalue weighted by Gasteiger charge is -2.35. The van der Waals surface area contributed by atoms with Crippen molar-refractivity contribution in [2.75, 3.05) is 13.1 Å². The van der Waals surface area contributed by atoms with Gasteiger partial charge < -0.3 is 9.73 Å². The summed E-state index contributed by atoms with van der Waals surface area (Å²) in [6.07, 6.45) is 11.1. The van der Waals surface area contributed by atoms with E-state index in [1.807, 2.05) is 6.26 Å². The number of aryl methyl sites for hydroxylation is 1. The zero-order chi connectivity index (χ0) is 12.7. The second-order valence-corrected chi connectivity index (χ2v) is 6.40. The van der Waals surface area contributed by atoms with Gasteiger partial charge in [-0.15, -0.1) is 0 Å². The SMILES string of the molecule is c1cc2c(o1)CCCC2NC1CCN2CCCCC12. The predicted octanol–water partition coefficient (Wildman–Crippen LogP) is 2.87. The molecule has 0 saturated carbocycles. The number of piperidine rings is 1. The maximum atomic E-state index is 5.61. The molecule has 3 aliphatic rings. The summed E-state index contributed by atoms with van der Waals surface area (Å²) in [6, 6.07) is 4.21. The second kappa shape index (κ2) is 4.95. The van der Waals surface area contributed by atoms with Crippen LogP contribution in [0.3, 0.4) is 0 Å². The predicted molar refractivity (Wildman–Crippen MR) is 75.1 cm³/mol. The third kappa shape index (κ3) is 2.13. The molecule has 0 amide bonds. The van der Waals surface area contributed by atoms with Gasteiger partial charge in [-0.2, -0.15) is 0 Å². The van der Waals surface area contributed by atoms with Crippen molar-refractivity contribution in [3.05, 3.63) is 23.7 Å². The lowest BCUT2D eigenvalue weighted by molar-refractivity contribution is 0.174. The lowest BCUT2D eigenvalue weighted by atomic mass is 9.91. The van der Waals surface area contributed by atoms with E-state index in [9.17, 15) is 0 Å². The highest BCUT2D eigenvalue weighted by Crippen LogP contribution is 2.34. The molecule has 3 atom stereocenters. The average molecular weight is 260 g/mol. The van der Waals surface area contributed by atoms with Gasteiger partial charge in [-0.1, -0.05) is 6.42 Å². The summed E-state index contributed by atoms with van der Waals surface area (Å²) in [4.78, 5) is 2.71. The van der Waals surface area contributed by atoms with Gasteiger partial charge in [0.25, 0.3) is 0 Å². The van der Waals surface area contributed by atoms with E-state index in [0.29, 0.717) is 12.1 Å². The van der Waals surface area contributed by atoms with Gasteiger partial charge in [0.05, 0.1) is 6.26 Å². The van der Waals surface area contributed by atoms with Crippen LogP contribution in [0.15, 0.2) is 16.7 Å². The Morgan fingerprint density at radius 2 is 2.11 bits per heavy atom. The van der Waals surface area contributed by atoms with Crippen LogP contribution >= 0.6 is 0 Å². The molecule has 1 aliphatic carbocycles. The Hall–Kier alpha value is -0.800. The van der Waals surface area contributed by atoms with Gasteiger partial charge in [0, 0.05) is 36.7 Å². The molecule has 1 aromatic rings. The van der Waals surface area contributed by atoms with Crippen molar-refractivity contribution < 1.29 is 4.42 Å². The van der Waals surface area contributed by atoms with Crippen LogP contribution in [-0.2, 0) is 6.42 Å². The van der Waals surface area contributed by atoms with Crippen molar-refractivity contribution in [3.8, 4) is 0 Å². The van der Waals surface area contributed by atoms with E-state index in [4.69, 9.17) is 4.42 Å². The van der Waals surface area contributed by atoms with Crippen molar-refractivity contribution in [2.45, 2.75) is 63.1 Å². The summed E-state index contributed by atoms with van der Waals surface area (Å²) < 4.78 is 5.61. The number of nitrogens with one attached hydrogen (secondary N) is 1. The third-order valence-electron chi connectivity index (χ3n) is 5.32. The van der Waals surface area contributed by atoms with Crippen LogP contribution in [0.4, 0.5) is 0 Å². The van der Waals surface area contributed by atoms with Crippen LogP contribution < -0.4 is 5.32 Å². The number of hydrogen-bond donors (Lipinski definition) is 1. The van der Waals surface area contributed by atoms with Crippen LogP contribution in [0.5, 0.6) is 0 Å². The number of furan rings is 1. The van der Waals surface area contributed by atoms with Crippen LogP contribution in [-0.4, -0.2) is 30.1 Å². The maximum absolute atomic E-state index is 5.61. The molecular weight excluding hydrogens is 236 g/mol. The summed E-state index contributed by atoms with van der Waals surface area (Å²) in [6.45, 7) is 2.62. The van der Waals surface area contributed by atoms with E-state index in [1.54, 1.807) is 0 Å². The summed E-state index contributed by atoms with van der Waals surface area (Å²) in [5.74, 6) is 1.22. The first-order valence-electron chi connectivity index (χ1n) is 7.98. The summed E-state index contributed by atoms with van der Waals surface area (Å²) in [5.41, 5.74) is 1.43. The zero-order valence-electron chi connectivity index (χ0n) is 11.6. The topological polar surface area (TPSA) is 28.4 Å². The molecule has 2 saturated heterocycles. The van der Waals surface area contributed by atoms with E-state index < -0.39 is 0 Å². The molecule has 3 unspecified atom stereocenters. The first kappa shape index (κ1) is 12.0.